The number of rotatable bonds is 7. The maximum atomic E-state index is 13.0. The summed E-state index contributed by atoms with van der Waals surface area (Å²) >= 11 is 0. The Labute approximate surface area is 183 Å². The summed E-state index contributed by atoms with van der Waals surface area (Å²) in [5.41, 5.74) is -0.742. The van der Waals surface area contributed by atoms with Gasteiger partial charge in [0.1, 0.15) is 0 Å². The minimum atomic E-state index is -3.71. The SMILES string of the molecule is COc1ccc(S(=O)(=O)N2CCN(CC(=O)N[C@]3(C)CCS(=O)(=O)C3)CC2)cc1OC. The van der Waals surface area contributed by atoms with Crippen molar-refractivity contribution in [1.82, 2.24) is 14.5 Å². The predicted molar refractivity (Wildman–Crippen MR) is 115 cm³/mol. The number of methoxy groups -OCH3 is 2. The van der Waals surface area contributed by atoms with Crippen LogP contribution in [0.2, 0.25) is 0 Å². The number of benzene rings is 1. The van der Waals surface area contributed by atoms with Gasteiger partial charge in [0.2, 0.25) is 15.9 Å². The molecular weight excluding hydrogens is 446 g/mol. The summed E-state index contributed by atoms with van der Waals surface area (Å²) in [6.07, 6.45) is 0.401. The summed E-state index contributed by atoms with van der Waals surface area (Å²) < 4.78 is 61.1. The van der Waals surface area contributed by atoms with Crippen molar-refractivity contribution in [2.75, 3.05) is 58.4 Å². The number of ether oxygens (including phenoxy) is 2. The first-order valence-corrected chi connectivity index (χ1v) is 13.2. The maximum absolute atomic E-state index is 13.0. The van der Waals surface area contributed by atoms with Crippen LogP contribution < -0.4 is 14.8 Å². The lowest BCUT2D eigenvalue weighted by molar-refractivity contribution is -0.124. The average Bonchev–Trinajstić information content (AvgIpc) is 2.99. The van der Waals surface area contributed by atoms with Gasteiger partial charge < -0.3 is 14.8 Å². The second kappa shape index (κ2) is 8.93. The molecule has 0 aromatic heterocycles. The van der Waals surface area contributed by atoms with Gasteiger partial charge in [0, 0.05) is 32.2 Å². The number of carbonyl (C=O) groups is 1. The van der Waals surface area contributed by atoms with Gasteiger partial charge >= 0.3 is 0 Å². The van der Waals surface area contributed by atoms with Crippen molar-refractivity contribution in [1.29, 1.82) is 0 Å². The molecule has 2 fully saturated rings. The Kier molecular flexibility index (Phi) is 6.84. The topological polar surface area (TPSA) is 122 Å². The summed E-state index contributed by atoms with van der Waals surface area (Å²) in [5.74, 6) is 0.553. The van der Waals surface area contributed by atoms with Crippen LogP contribution in [0.4, 0.5) is 0 Å². The highest BCUT2D eigenvalue weighted by Crippen LogP contribution is 2.31. The average molecular weight is 476 g/mol. The summed E-state index contributed by atoms with van der Waals surface area (Å²) in [6.45, 7) is 3.12. The molecule has 1 amide bonds. The zero-order chi connectivity index (χ0) is 22.9. The fourth-order valence-corrected chi connectivity index (χ4v) is 7.47. The number of nitrogens with one attached hydrogen (secondary N) is 1. The molecule has 1 N–H and O–H groups in total. The molecule has 0 radical (unpaired) electrons. The van der Waals surface area contributed by atoms with Crippen LogP contribution in [0.15, 0.2) is 23.1 Å². The molecule has 0 spiro atoms. The molecule has 1 aromatic carbocycles. The number of carbonyl (C=O) groups excluding carboxylic acids is 1. The Morgan fingerprint density at radius 3 is 2.32 bits per heavy atom. The first-order valence-electron chi connectivity index (χ1n) is 9.94. The first kappa shape index (κ1) is 23.8. The Morgan fingerprint density at radius 2 is 1.77 bits per heavy atom. The van der Waals surface area contributed by atoms with E-state index >= 15 is 0 Å². The quantitative estimate of drug-likeness (QED) is 0.571. The zero-order valence-corrected chi connectivity index (χ0v) is 19.6. The van der Waals surface area contributed by atoms with Gasteiger partial charge in [-0.05, 0) is 25.5 Å². The molecule has 2 heterocycles. The van der Waals surface area contributed by atoms with Crippen molar-refractivity contribution < 1.29 is 31.1 Å². The van der Waals surface area contributed by atoms with Gasteiger partial charge in [0.15, 0.2) is 21.3 Å². The molecule has 12 heteroatoms. The van der Waals surface area contributed by atoms with Gasteiger partial charge in [-0.1, -0.05) is 0 Å². The predicted octanol–water partition coefficient (Wildman–Crippen LogP) is -0.296. The van der Waals surface area contributed by atoms with Gasteiger partial charge in [0.25, 0.3) is 0 Å². The number of nitrogens with zero attached hydrogens (tertiary/aromatic N) is 2. The molecule has 0 bridgehead atoms. The van der Waals surface area contributed by atoms with E-state index in [1.807, 2.05) is 4.90 Å². The van der Waals surface area contributed by atoms with Crippen LogP contribution in [-0.4, -0.2) is 95.9 Å². The van der Waals surface area contributed by atoms with Gasteiger partial charge in [-0.25, -0.2) is 16.8 Å². The third-order valence-electron chi connectivity index (χ3n) is 5.64. The number of hydrogen-bond donors (Lipinski definition) is 1. The van der Waals surface area contributed by atoms with Crippen LogP contribution in [0.25, 0.3) is 0 Å². The van der Waals surface area contributed by atoms with E-state index in [1.54, 1.807) is 13.0 Å². The molecule has 0 saturated carbocycles. The van der Waals surface area contributed by atoms with E-state index in [-0.39, 0.29) is 41.9 Å². The van der Waals surface area contributed by atoms with Gasteiger partial charge in [-0.2, -0.15) is 4.31 Å². The highest BCUT2D eigenvalue weighted by molar-refractivity contribution is 7.91. The van der Waals surface area contributed by atoms with Gasteiger partial charge in [-0.15, -0.1) is 0 Å². The Balaban J connectivity index is 1.57. The fourth-order valence-electron chi connectivity index (χ4n) is 3.94. The second-order valence-corrected chi connectivity index (χ2v) is 12.3. The Morgan fingerprint density at radius 1 is 1.13 bits per heavy atom. The number of amides is 1. The molecule has 10 nitrogen and oxygen atoms in total. The number of piperazine rings is 1. The summed E-state index contributed by atoms with van der Waals surface area (Å²) in [5, 5.41) is 2.83. The zero-order valence-electron chi connectivity index (χ0n) is 18.0. The molecule has 1 aromatic rings. The lowest BCUT2D eigenvalue weighted by Gasteiger charge is -2.34. The van der Waals surface area contributed by atoms with Crippen LogP contribution in [0.1, 0.15) is 13.3 Å². The van der Waals surface area contributed by atoms with Crippen LogP contribution in [-0.2, 0) is 24.7 Å². The minimum Gasteiger partial charge on any atom is -0.493 e. The monoisotopic (exact) mass is 475 g/mol. The van der Waals surface area contributed by atoms with Crippen LogP contribution >= 0.6 is 0 Å². The van der Waals surface area contributed by atoms with Gasteiger partial charge in [-0.3, -0.25) is 9.69 Å². The highest BCUT2D eigenvalue weighted by atomic mass is 32.2. The molecule has 3 rings (SSSR count). The lowest BCUT2D eigenvalue weighted by Crippen LogP contribution is -2.54. The van der Waals surface area contributed by atoms with E-state index in [2.05, 4.69) is 5.32 Å². The molecule has 174 valence electrons. The van der Waals surface area contributed by atoms with Crippen LogP contribution in [0, 0.1) is 0 Å². The maximum Gasteiger partial charge on any atom is 0.243 e. The molecular formula is C19H29N3O7S2. The minimum absolute atomic E-state index is 0.0525. The normalized spacial score (nSPS) is 24.6. The van der Waals surface area contributed by atoms with E-state index in [4.69, 9.17) is 9.47 Å². The molecule has 0 unspecified atom stereocenters. The van der Waals surface area contributed by atoms with E-state index in [0.29, 0.717) is 31.0 Å². The summed E-state index contributed by atoms with van der Waals surface area (Å²) in [4.78, 5) is 14.4. The van der Waals surface area contributed by atoms with Crippen LogP contribution in [0.5, 0.6) is 11.5 Å². The summed E-state index contributed by atoms with van der Waals surface area (Å²) in [6, 6.07) is 4.47. The largest absolute Gasteiger partial charge is 0.493 e. The standard InChI is InChI=1S/C19H29N3O7S2/c1-19(6-11-30(24,25)14-19)20-18(23)13-21-7-9-22(10-8-21)31(26,27)15-4-5-16(28-2)17(12-15)29-3/h4-5,12H,6-11,13-14H2,1-3H3,(H,20,23)/t19-/m1/s1. The van der Waals surface area contributed by atoms with E-state index < -0.39 is 25.4 Å². The fraction of sp³-hybridized carbons (Fsp3) is 0.632. The molecule has 0 aliphatic carbocycles. The summed E-state index contributed by atoms with van der Waals surface area (Å²) in [7, 11) is -3.90. The highest BCUT2D eigenvalue weighted by Gasteiger charge is 2.39. The van der Waals surface area contributed by atoms with Crippen molar-refractivity contribution in [3.05, 3.63) is 18.2 Å². The first-order chi connectivity index (χ1) is 14.5. The second-order valence-electron chi connectivity index (χ2n) is 8.15. The van der Waals surface area contributed by atoms with E-state index in [9.17, 15) is 21.6 Å². The molecule has 2 saturated heterocycles. The lowest BCUT2D eigenvalue weighted by atomic mass is 10.0. The molecule has 2 aliphatic rings. The number of hydrogen-bond acceptors (Lipinski definition) is 8. The van der Waals surface area contributed by atoms with Crippen molar-refractivity contribution in [2.24, 2.45) is 0 Å². The Bertz CT molecular complexity index is 1030. The third kappa shape index (κ3) is 5.48. The number of sulfonamides is 1. The number of sulfone groups is 1. The van der Waals surface area contributed by atoms with Crippen molar-refractivity contribution in [3.8, 4) is 11.5 Å². The van der Waals surface area contributed by atoms with Gasteiger partial charge in [0.05, 0.1) is 42.7 Å². The van der Waals surface area contributed by atoms with E-state index in [1.165, 1.54) is 30.7 Å². The van der Waals surface area contributed by atoms with Crippen molar-refractivity contribution >= 4 is 25.8 Å². The molecule has 31 heavy (non-hydrogen) atoms. The van der Waals surface area contributed by atoms with Crippen molar-refractivity contribution in [2.45, 2.75) is 23.8 Å². The molecule has 2 aliphatic heterocycles. The van der Waals surface area contributed by atoms with Crippen molar-refractivity contribution in [3.63, 3.8) is 0 Å². The molecule has 1 atom stereocenters. The van der Waals surface area contributed by atoms with Crippen LogP contribution in [0.3, 0.4) is 0 Å². The Hall–Kier alpha value is -1.89. The van der Waals surface area contributed by atoms with E-state index in [0.717, 1.165) is 0 Å². The smallest absolute Gasteiger partial charge is 0.243 e. The third-order valence-corrected chi connectivity index (χ3v) is 9.43.